The smallest absolute Gasteiger partial charge is 0.248 e. The van der Waals surface area contributed by atoms with Gasteiger partial charge in [-0.3, -0.25) is 0 Å². The molecule has 1 aromatic rings. The highest BCUT2D eigenvalue weighted by atomic mass is 35.5. The molecule has 0 amide bonds. The minimum Gasteiger partial charge on any atom is -0.248 e. The van der Waals surface area contributed by atoms with Crippen LogP contribution in [-0.2, 0) is 0 Å². The molecule has 0 unspecified atom stereocenters. The first-order chi connectivity index (χ1) is 5.18. The number of alkyl halides is 2. The quantitative estimate of drug-likeness (QED) is 0.673. The highest BCUT2D eigenvalue weighted by Crippen LogP contribution is 2.23. The normalized spacial score (nSPS) is 10.5. The van der Waals surface area contributed by atoms with Crippen LogP contribution in [0, 0.1) is 0 Å². The zero-order valence-corrected chi connectivity index (χ0v) is 6.87. The second kappa shape index (κ2) is 3.88. The van der Waals surface area contributed by atoms with Crippen LogP contribution >= 0.6 is 23.4 Å². The predicted octanol–water partition coefficient (Wildman–Crippen LogP) is 3.05. The summed E-state index contributed by atoms with van der Waals surface area (Å²) < 4.78 is 23.4. The van der Waals surface area contributed by atoms with Crippen molar-refractivity contribution < 1.29 is 8.78 Å². The van der Waals surface area contributed by atoms with Gasteiger partial charge in [0.05, 0.1) is 5.02 Å². The Bertz CT molecular complexity index is 227. The monoisotopic (exact) mass is 195 g/mol. The van der Waals surface area contributed by atoms with Gasteiger partial charge in [0.25, 0.3) is 5.76 Å². The number of hydrogen-bond donors (Lipinski definition) is 0. The van der Waals surface area contributed by atoms with E-state index < -0.39 is 5.76 Å². The Morgan fingerprint density at radius 2 is 2.18 bits per heavy atom. The van der Waals surface area contributed by atoms with Gasteiger partial charge in [-0.25, -0.2) is 4.98 Å². The van der Waals surface area contributed by atoms with E-state index in [4.69, 9.17) is 11.6 Å². The van der Waals surface area contributed by atoms with Crippen LogP contribution in [0.25, 0.3) is 0 Å². The fourth-order valence-corrected chi connectivity index (χ4v) is 1.08. The third kappa shape index (κ3) is 3.03. The molecule has 60 valence electrons. The lowest BCUT2D eigenvalue weighted by molar-refractivity contribution is 0.252. The molecule has 11 heavy (non-hydrogen) atoms. The molecule has 0 atom stereocenters. The lowest BCUT2D eigenvalue weighted by Gasteiger charge is -1.97. The minimum atomic E-state index is -2.43. The van der Waals surface area contributed by atoms with Crippen molar-refractivity contribution in [3.8, 4) is 0 Å². The van der Waals surface area contributed by atoms with Crippen LogP contribution < -0.4 is 0 Å². The molecule has 0 bridgehead atoms. The second-order valence-corrected chi connectivity index (χ2v) is 3.14. The molecule has 0 N–H and O–H groups in total. The van der Waals surface area contributed by atoms with Crippen LogP contribution in [0.5, 0.6) is 0 Å². The average Bonchev–Trinajstić information content (AvgIpc) is 1.93. The molecule has 0 spiro atoms. The molecule has 0 aliphatic carbocycles. The van der Waals surface area contributed by atoms with Crippen LogP contribution in [0.3, 0.4) is 0 Å². The fraction of sp³-hybridized carbons (Fsp3) is 0.167. The van der Waals surface area contributed by atoms with E-state index in [-0.39, 0.29) is 5.03 Å². The summed E-state index contributed by atoms with van der Waals surface area (Å²) in [5.74, 6) is -2.43. The maximum atomic E-state index is 11.7. The summed E-state index contributed by atoms with van der Waals surface area (Å²) in [6, 6.07) is 2.98. The Balaban J connectivity index is 2.66. The van der Waals surface area contributed by atoms with Gasteiger partial charge in [-0.05, 0) is 23.9 Å². The second-order valence-electron chi connectivity index (χ2n) is 1.69. The molecule has 5 heteroatoms. The first-order valence-corrected chi connectivity index (χ1v) is 4.00. The van der Waals surface area contributed by atoms with Crippen molar-refractivity contribution in [2.24, 2.45) is 0 Å². The maximum Gasteiger partial charge on any atom is 0.290 e. The predicted molar refractivity (Wildman–Crippen MR) is 41.1 cm³/mol. The van der Waals surface area contributed by atoms with Crippen molar-refractivity contribution in [3.05, 3.63) is 23.4 Å². The number of thioether (sulfide) groups is 1. The van der Waals surface area contributed by atoms with Crippen LogP contribution in [0.4, 0.5) is 8.78 Å². The van der Waals surface area contributed by atoms with Gasteiger partial charge in [0, 0.05) is 6.20 Å². The van der Waals surface area contributed by atoms with Crippen LogP contribution in [0.2, 0.25) is 5.02 Å². The number of rotatable bonds is 2. The Kier molecular flexibility index (Phi) is 3.08. The van der Waals surface area contributed by atoms with E-state index in [2.05, 4.69) is 4.98 Å². The molecule has 1 rings (SSSR count). The first-order valence-electron chi connectivity index (χ1n) is 2.75. The van der Waals surface area contributed by atoms with E-state index in [1.807, 2.05) is 0 Å². The number of pyridine rings is 1. The zero-order chi connectivity index (χ0) is 8.27. The van der Waals surface area contributed by atoms with Crippen molar-refractivity contribution in [2.45, 2.75) is 10.8 Å². The highest BCUT2D eigenvalue weighted by molar-refractivity contribution is 7.99. The number of hydrogen-bond acceptors (Lipinski definition) is 2. The number of halogens is 3. The molecule has 1 nitrogen and oxygen atoms in total. The molecule has 0 radical (unpaired) electrons. The van der Waals surface area contributed by atoms with Gasteiger partial charge in [0.15, 0.2) is 0 Å². The van der Waals surface area contributed by atoms with E-state index >= 15 is 0 Å². The molecule has 0 aliphatic rings. The topological polar surface area (TPSA) is 12.9 Å². The molecule has 1 heterocycles. The standard InChI is InChI=1S/C6H4ClF2NS/c7-4-1-2-5(10-3-4)11-6(8)9/h1-3,6H. The summed E-state index contributed by atoms with van der Waals surface area (Å²) in [4.78, 5) is 3.67. The zero-order valence-electron chi connectivity index (χ0n) is 5.30. The lowest BCUT2D eigenvalue weighted by Crippen LogP contribution is -1.84. The van der Waals surface area contributed by atoms with E-state index in [1.165, 1.54) is 18.3 Å². The molecule has 0 saturated carbocycles. The molecule has 0 saturated heterocycles. The molecular formula is C6H4ClF2NS. The largest absolute Gasteiger partial charge is 0.290 e. The summed E-state index contributed by atoms with van der Waals surface area (Å²) in [5.41, 5.74) is 0. The van der Waals surface area contributed by atoms with E-state index in [1.54, 1.807) is 0 Å². The summed E-state index contributed by atoms with van der Waals surface area (Å²) in [6.07, 6.45) is 1.34. The molecule has 1 aromatic heterocycles. The Labute approximate surface area is 71.8 Å². The minimum absolute atomic E-state index is 0.282. The van der Waals surface area contributed by atoms with Crippen molar-refractivity contribution in [1.82, 2.24) is 4.98 Å². The van der Waals surface area contributed by atoms with Gasteiger partial charge < -0.3 is 0 Å². The van der Waals surface area contributed by atoms with Crippen LogP contribution in [0.1, 0.15) is 0 Å². The number of nitrogens with zero attached hydrogens (tertiary/aromatic N) is 1. The van der Waals surface area contributed by atoms with E-state index in [0.717, 1.165) is 0 Å². The van der Waals surface area contributed by atoms with E-state index in [0.29, 0.717) is 16.8 Å². The van der Waals surface area contributed by atoms with Crippen molar-refractivity contribution in [2.75, 3.05) is 0 Å². The molecule has 0 aromatic carbocycles. The SMILES string of the molecule is FC(F)Sc1ccc(Cl)cn1. The van der Waals surface area contributed by atoms with Crippen molar-refractivity contribution in [3.63, 3.8) is 0 Å². The molecule has 0 aliphatic heterocycles. The summed E-state index contributed by atoms with van der Waals surface area (Å²) in [5, 5.41) is 0.730. The maximum absolute atomic E-state index is 11.7. The third-order valence-electron chi connectivity index (χ3n) is 0.910. The van der Waals surface area contributed by atoms with Crippen molar-refractivity contribution in [1.29, 1.82) is 0 Å². The Hall–Kier alpha value is -0.350. The molecule has 0 fully saturated rings. The lowest BCUT2D eigenvalue weighted by atomic mass is 10.5. The summed E-state index contributed by atoms with van der Waals surface area (Å²) in [7, 11) is 0. The van der Waals surface area contributed by atoms with Gasteiger partial charge in [-0.1, -0.05) is 11.6 Å². The summed E-state index contributed by atoms with van der Waals surface area (Å²) in [6.45, 7) is 0. The van der Waals surface area contributed by atoms with Gasteiger partial charge in [-0.2, -0.15) is 8.78 Å². The van der Waals surface area contributed by atoms with Gasteiger partial charge in [-0.15, -0.1) is 0 Å². The van der Waals surface area contributed by atoms with Gasteiger partial charge in [0.1, 0.15) is 5.03 Å². The van der Waals surface area contributed by atoms with Crippen LogP contribution in [0.15, 0.2) is 23.4 Å². The Morgan fingerprint density at radius 1 is 1.45 bits per heavy atom. The highest BCUT2D eigenvalue weighted by Gasteiger charge is 2.05. The average molecular weight is 196 g/mol. The number of aromatic nitrogens is 1. The van der Waals surface area contributed by atoms with Gasteiger partial charge >= 0.3 is 0 Å². The van der Waals surface area contributed by atoms with Crippen molar-refractivity contribution >= 4 is 23.4 Å². The van der Waals surface area contributed by atoms with Crippen LogP contribution in [-0.4, -0.2) is 10.7 Å². The first kappa shape index (κ1) is 8.74. The Morgan fingerprint density at radius 3 is 2.64 bits per heavy atom. The summed E-state index contributed by atoms with van der Waals surface area (Å²) >= 11 is 5.89. The van der Waals surface area contributed by atoms with E-state index in [9.17, 15) is 8.78 Å². The van der Waals surface area contributed by atoms with Gasteiger partial charge in [0.2, 0.25) is 0 Å². The molecular weight excluding hydrogens is 192 g/mol. The fourth-order valence-electron chi connectivity index (χ4n) is 0.523. The third-order valence-corrected chi connectivity index (χ3v) is 1.79.